The Bertz CT molecular complexity index is 675. The summed E-state index contributed by atoms with van der Waals surface area (Å²) in [7, 11) is 0. The van der Waals surface area contributed by atoms with E-state index in [0.29, 0.717) is 12.0 Å². The normalized spacial score (nSPS) is 13.9. The van der Waals surface area contributed by atoms with E-state index in [1.807, 2.05) is 45.0 Å². The van der Waals surface area contributed by atoms with Gasteiger partial charge in [0.05, 0.1) is 5.56 Å². The van der Waals surface area contributed by atoms with Crippen molar-refractivity contribution in [2.24, 2.45) is 5.92 Å². The summed E-state index contributed by atoms with van der Waals surface area (Å²) in [6, 6.07) is 6.61. The lowest BCUT2D eigenvalue weighted by molar-refractivity contribution is -0.140. The molecule has 2 rings (SSSR count). The molecule has 112 valence electrons. The van der Waals surface area contributed by atoms with Gasteiger partial charge in [-0.2, -0.15) is 0 Å². The highest BCUT2D eigenvalue weighted by Gasteiger charge is 2.27. The van der Waals surface area contributed by atoms with Crippen molar-refractivity contribution in [1.82, 2.24) is 10.3 Å². The van der Waals surface area contributed by atoms with Crippen molar-refractivity contribution in [3.8, 4) is 0 Å². The van der Waals surface area contributed by atoms with Crippen molar-refractivity contribution < 1.29 is 14.7 Å². The molecule has 0 aliphatic rings. The van der Waals surface area contributed by atoms with Crippen molar-refractivity contribution >= 4 is 22.8 Å². The predicted octanol–water partition coefficient (Wildman–Crippen LogP) is 2.71. The highest BCUT2D eigenvalue weighted by Crippen LogP contribution is 2.22. The number of carbonyl (C=O) groups is 2. The predicted molar refractivity (Wildman–Crippen MR) is 81.4 cm³/mol. The monoisotopic (exact) mass is 288 g/mol. The molecular formula is C16H20N2O3. The first-order valence-electron chi connectivity index (χ1n) is 7.06. The van der Waals surface area contributed by atoms with Crippen LogP contribution in [0, 0.1) is 12.8 Å². The molecule has 5 heteroatoms. The minimum absolute atomic E-state index is 0.128. The lowest BCUT2D eigenvalue weighted by atomic mass is 9.98. The molecule has 21 heavy (non-hydrogen) atoms. The molecule has 0 spiro atoms. The molecule has 5 nitrogen and oxygen atoms in total. The Labute approximate surface area is 123 Å². The van der Waals surface area contributed by atoms with Crippen LogP contribution in [0.1, 0.15) is 36.3 Å². The molecular weight excluding hydrogens is 268 g/mol. The van der Waals surface area contributed by atoms with Gasteiger partial charge in [-0.3, -0.25) is 4.79 Å². The van der Waals surface area contributed by atoms with Crippen LogP contribution in [0.2, 0.25) is 0 Å². The second-order valence-electron chi connectivity index (χ2n) is 5.35. The Balaban J connectivity index is 2.34. The van der Waals surface area contributed by atoms with Crippen LogP contribution >= 0.6 is 0 Å². The summed E-state index contributed by atoms with van der Waals surface area (Å²) < 4.78 is 0. The number of aromatic amines is 1. The second-order valence-corrected chi connectivity index (χ2v) is 5.35. The summed E-state index contributed by atoms with van der Waals surface area (Å²) in [6.45, 7) is 5.54. The zero-order valence-electron chi connectivity index (χ0n) is 12.4. The maximum atomic E-state index is 12.5. The second kappa shape index (κ2) is 5.99. The van der Waals surface area contributed by atoms with Crippen LogP contribution < -0.4 is 5.32 Å². The van der Waals surface area contributed by atoms with E-state index in [2.05, 4.69) is 10.3 Å². The van der Waals surface area contributed by atoms with E-state index in [1.54, 1.807) is 0 Å². The SMILES string of the molecule is CC[C@H](C)[C@H](NC(=O)c1c(C)[nH]c2ccccc12)C(=O)O. The smallest absolute Gasteiger partial charge is 0.326 e. The minimum atomic E-state index is -1.00. The zero-order valence-corrected chi connectivity index (χ0v) is 12.4. The summed E-state index contributed by atoms with van der Waals surface area (Å²) in [6.07, 6.45) is 0.685. The van der Waals surface area contributed by atoms with Gasteiger partial charge in [0.15, 0.2) is 0 Å². The molecule has 0 fully saturated rings. The standard InChI is InChI=1S/C16H20N2O3/c1-4-9(2)14(16(20)21)18-15(19)13-10(3)17-12-8-6-5-7-11(12)13/h5-9,14,17H,4H2,1-3H3,(H,18,19)(H,20,21)/t9-,14-/m0/s1. The number of hydrogen-bond acceptors (Lipinski definition) is 2. The topological polar surface area (TPSA) is 82.2 Å². The maximum absolute atomic E-state index is 12.5. The van der Waals surface area contributed by atoms with Gasteiger partial charge < -0.3 is 15.4 Å². The van der Waals surface area contributed by atoms with E-state index < -0.39 is 12.0 Å². The van der Waals surface area contributed by atoms with Gasteiger partial charge in [-0.25, -0.2) is 4.79 Å². The minimum Gasteiger partial charge on any atom is -0.480 e. The maximum Gasteiger partial charge on any atom is 0.326 e. The van der Waals surface area contributed by atoms with E-state index >= 15 is 0 Å². The van der Waals surface area contributed by atoms with Crippen molar-refractivity contribution in [2.75, 3.05) is 0 Å². The molecule has 0 aliphatic heterocycles. The number of carboxylic acids is 1. The number of H-pyrrole nitrogens is 1. The number of para-hydroxylation sites is 1. The number of amides is 1. The first-order chi connectivity index (χ1) is 9.95. The fraction of sp³-hybridized carbons (Fsp3) is 0.375. The third-order valence-electron chi connectivity index (χ3n) is 3.89. The number of nitrogens with one attached hydrogen (secondary N) is 2. The lowest BCUT2D eigenvalue weighted by Crippen LogP contribution is -2.45. The van der Waals surface area contributed by atoms with Gasteiger partial charge in [0, 0.05) is 16.6 Å². The summed E-state index contributed by atoms with van der Waals surface area (Å²) in [5.74, 6) is -1.48. The van der Waals surface area contributed by atoms with E-state index in [4.69, 9.17) is 0 Å². The fourth-order valence-corrected chi connectivity index (χ4v) is 2.47. The highest BCUT2D eigenvalue weighted by atomic mass is 16.4. The molecule has 1 aromatic carbocycles. The molecule has 2 atom stereocenters. The van der Waals surface area contributed by atoms with E-state index in [-0.39, 0.29) is 11.8 Å². The third kappa shape index (κ3) is 2.91. The Morgan fingerprint density at radius 3 is 2.62 bits per heavy atom. The highest BCUT2D eigenvalue weighted by molar-refractivity contribution is 6.09. The van der Waals surface area contributed by atoms with Crippen molar-refractivity contribution in [3.63, 3.8) is 0 Å². The molecule has 1 amide bonds. The van der Waals surface area contributed by atoms with Crippen molar-refractivity contribution in [3.05, 3.63) is 35.5 Å². The van der Waals surface area contributed by atoms with Crippen LogP contribution in [0.4, 0.5) is 0 Å². The fourth-order valence-electron chi connectivity index (χ4n) is 2.47. The molecule has 1 heterocycles. The average Bonchev–Trinajstić information content (AvgIpc) is 2.79. The van der Waals surface area contributed by atoms with Gasteiger partial charge in [0.2, 0.25) is 0 Å². The quantitative estimate of drug-likeness (QED) is 0.791. The van der Waals surface area contributed by atoms with Crippen molar-refractivity contribution in [2.45, 2.75) is 33.2 Å². The number of aliphatic carboxylic acids is 1. The number of fused-ring (bicyclic) bond motifs is 1. The molecule has 0 radical (unpaired) electrons. The van der Waals surface area contributed by atoms with E-state index in [0.717, 1.165) is 16.6 Å². The number of carboxylic acid groups (broad SMARTS) is 1. The first kappa shape index (κ1) is 15.1. The third-order valence-corrected chi connectivity index (χ3v) is 3.89. The van der Waals surface area contributed by atoms with Gasteiger partial charge in [0.25, 0.3) is 5.91 Å². The van der Waals surface area contributed by atoms with Crippen LogP contribution in [0.25, 0.3) is 10.9 Å². The molecule has 2 aromatic rings. The first-order valence-corrected chi connectivity index (χ1v) is 7.06. The molecule has 0 saturated carbocycles. The van der Waals surface area contributed by atoms with Gasteiger partial charge in [-0.1, -0.05) is 38.5 Å². The summed E-state index contributed by atoms with van der Waals surface area (Å²) in [5.41, 5.74) is 2.12. The van der Waals surface area contributed by atoms with Gasteiger partial charge in [0.1, 0.15) is 6.04 Å². The Hall–Kier alpha value is -2.30. The van der Waals surface area contributed by atoms with Gasteiger partial charge >= 0.3 is 5.97 Å². The molecule has 3 N–H and O–H groups in total. The number of aryl methyl sites for hydroxylation is 1. The average molecular weight is 288 g/mol. The summed E-state index contributed by atoms with van der Waals surface area (Å²) >= 11 is 0. The molecule has 0 bridgehead atoms. The van der Waals surface area contributed by atoms with Crippen LogP contribution in [-0.2, 0) is 4.79 Å². The Morgan fingerprint density at radius 2 is 2.00 bits per heavy atom. The van der Waals surface area contributed by atoms with E-state index in [9.17, 15) is 14.7 Å². The number of benzene rings is 1. The van der Waals surface area contributed by atoms with Crippen LogP contribution in [0.3, 0.4) is 0 Å². The van der Waals surface area contributed by atoms with E-state index in [1.165, 1.54) is 0 Å². The van der Waals surface area contributed by atoms with Crippen molar-refractivity contribution in [1.29, 1.82) is 0 Å². The van der Waals surface area contributed by atoms with Gasteiger partial charge in [-0.15, -0.1) is 0 Å². The van der Waals surface area contributed by atoms with Crippen LogP contribution in [0.5, 0.6) is 0 Å². The van der Waals surface area contributed by atoms with Crippen LogP contribution in [-0.4, -0.2) is 28.0 Å². The lowest BCUT2D eigenvalue weighted by Gasteiger charge is -2.20. The molecule has 0 aliphatic carbocycles. The zero-order chi connectivity index (χ0) is 15.6. The number of hydrogen-bond donors (Lipinski definition) is 3. The molecule has 1 aromatic heterocycles. The Kier molecular flexibility index (Phi) is 4.31. The number of aromatic nitrogens is 1. The Morgan fingerprint density at radius 1 is 1.33 bits per heavy atom. The molecule has 0 unspecified atom stereocenters. The summed E-state index contributed by atoms with van der Waals surface area (Å²) in [5, 5.41) is 12.7. The largest absolute Gasteiger partial charge is 0.480 e. The van der Waals surface area contributed by atoms with Gasteiger partial charge in [-0.05, 0) is 18.9 Å². The summed E-state index contributed by atoms with van der Waals surface area (Å²) in [4.78, 5) is 27.0. The molecule has 0 saturated heterocycles. The van der Waals surface area contributed by atoms with Crippen LogP contribution in [0.15, 0.2) is 24.3 Å². The number of carbonyl (C=O) groups excluding carboxylic acids is 1. The number of rotatable bonds is 5.